The van der Waals surface area contributed by atoms with Crippen LogP contribution in [0.25, 0.3) is 0 Å². The molecule has 0 fully saturated rings. The van der Waals surface area contributed by atoms with Crippen molar-refractivity contribution in [3.63, 3.8) is 0 Å². The summed E-state index contributed by atoms with van der Waals surface area (Å²) in [6, 6.07) is 14.8. The Morgan fingerprint density at radius 3 is 1.10 bits per heavy atom. The van der Waals surface area contributed by atoms with E-state index in [4.69, 9.17) is 29.6 Å². The van der Waals surface area contributed by atoms with Crippen LogP contribution in [0, 0.1) is 0 Å². The lowest BCUT2D eigenvalue weighted by Crippen LogP contribution is -2.57. The summed E-state index contributed by atoms with van der Waals surface area (Å²) in [7, 11) is -11.8. The monoisotopic (exact) mass is 1170 g/mol. The second kappa shape index (κ2) is 33.6. The summed E-state index contributed by atoms with van der Waals surface area (Å²) in [6.07, 6.45) is 0.927. The van der Waals surface area contributed by atoms with E-state index >= 15 is 0 Å². The highest BCUT2D eigenvalue weighted by Gasteiger charge is 2.32. The molecule has 0 saturated carbocycles. The van der Waals surface area contributed by atoms with Gasteiger partial charge in [0.2, 0.25) is 47.8 Å². The van der Waals surface area contributed by atoms with Gasteiger partial charge in [-0.1, -0.05) is 0 Å². The van der Waals surface area contributed by atoms with Crippen molar-refractivity contribution in [3.8, 4) is 0 Å². The average molecular weight is 1170 g/mol. The molecule has 6 amide bonds. The second-order valence-corrected chi connectivity index (χ2v) is 22.3. The van der Waals surface area contributed by atoms with Gasteiger partial charge in [0.05, 0.1) is 73.0 Å². The predicted molar refractivity (Wildman–Crippen MR) is 282 cm³/mol. The number of ether oxygens (including phenoxy) is 3. The number of benzene rings is 3. The SMILES string of the molecule is NS(=O)(=O)c1ccc(C(=O)NCCCNC(=O)CCOCC(COCCC(=O)NCCCNC(=O)c2ccc(S(N)(=O)=O)cc2)(COCCC(=O)NCC(=O)CNC(=O)c2ccc(S(N)(=O)=O)cc2)NCCCCC(=O)O)cc1. The lowest BCUT2D eigenvalue weighted by Gasteiger charge is -2.34. The maximum absolute atomic E-state index is 12.7. The molecule has 3 aromatic rings. The summed E-state index contributed by atoms with van der Waals surface area (Å²) in [4.78, 5) is 98.7. The van der Waals surface area contributed by atoms with Gasteiger partial charge in [0.1, 0.15) is 0 Å². The minimum atomic E-state index is -3.98. The van der Waals surface area contributed by atoms with Crippen LogP contribution in [0.5, 0.6) is 0 Å². The summed E-state index contributed by atoms with van der Waals surface area (Å²) in [6.45, 7) is -0.666. The molecule has 0 spiro atoms. The first kappa shape index (κ1) is 66.5. The zero-order chi connectivity index (χ0) is 58.5. The van der Waals surface area contributed by atoms with Gasteiger partial charge in [-0.3, -0.25) is 38.4 Å². The molecule has 28 nitrogen and oxygen atoms in total. The maximum Gasteiger partial charge on any atom is 0.303 e. The number of aliphatic carboxylic acids is 1. The molecule has 0 atom stereocenters. The van der Waals surface area contributed by atoms with Crippen LogP contribution < -0.4 is 52.6 Å². The van der Waals surface area contributed by atoms with E-state index in [0.717, 1.165) is 12.1 Å². The molecule has 436 valence electrons. The summed E-state index contributed by atoms with van der Waals surface area (Å²) >= 11 is 0. The highest BCUT2D eigenvalue weighted by molar-refractivity contribution is 7.89. The summed E-state index contributed by atoms with van der Waals surface area (Å²) in [5.41, 5.74) is -0.705. The molecule has 3 rings (SSSR count). The third-order valence-corrected chi connectivity index (χ3v) is 13.8. The molecular weight excluding hydrogens is 1100 g/mol. The standard InChI is InChI=1S/C48H68N10O18S3/c49-77(68,69)38-12-6-34(7-13-38)45(65)54-23-3-21-52-41(60)18-26-74-31-48(58-25-2-1-5-44(63)64,32-75-27-19-42(61)53-22-4-24-55-46(66)35-8-14-39(15-9-35)78(50,70)71)33-76-28-20-43(62)56-29-37(59)30-57-47(67)36-10-16-40(17-11-36)79(51,72)73/h6-17,58H,1-5,18-33H2,(H,52,60)(H,53,61)(H,54,65)(H,55,66)(H,56,62)(H,57,67)(H,63,64)(H2,49,68,69)(H2,50,70,71)(H2,51,72,73). The van der Waals surface area contributed by atoms with Crippen LogP contribution in [0.3, 0.4) is 0 Å². The number of amides is 6. The zero-order valence-electron chi connectivity index (χ0n) is 43.1. The zero-order valence-corrected chi connectivity index (χ0v) is 45.6. The molecule has 14 N–H and O–H groups in total. The maximum atomic E-state index is 12.7. The number of nitrogens with one attached hydrogen (secondary N) is 7. The number of sulfonamides is 3. The van der Waals surface area contributed by atoms with Gasteiger partial charge in [-0.25, -0.2) is 40.7 Å². The van der Waals surface area contributed by atoms with E-state index < -0.39 is 84.1 Å². The van der Waals surface area contributed by atoms with Crippen molar-refractivity contribution in [2.24, 2.45) is 15.4 Å². The van der Waals surface area contributed by atoms with Crippen LogP contribution in [-0.4, -0.2) is 169 Å². The molecule has 0 aromatic heterocycles. The lowest BCUT2D eigenvalue weighted by molar-refractivity contribution is -0.137. The smallest absolute Gasteiger partial charge is 0.303 e. The van der Waals surface area contributed by atoms with Gasteiger partial charge in [-0.05, 0) is 105 Å². The van der Waals surface area contributed by atoms with E-state index in [1.165, 1.54) is 60.7 Å². The van der Waals surface area contributed by atoms with Gasteiger partial charge in [0.25, 0.3) is 17.7 Å². The molecule has 0 aliphatic rings. The van der Waals surface area contributed by atoms with Gasteiger partial charge >= 0.3 is 5.97 Å². The molecule has 3 aromatic carbocycles. The van der Waals surface area contributed by atoms with Gasteiger partial charge < -0.3 is 56.5 Å². The fourth-order valence-corrected chi connectivity index (χ4v) is 8.31. The molecule has 0 heterocycles. The van der Waals surface area contributed by atoms with Gasteiger partial charge in [0, 0.05) is 68.6 Å². The van der Waals surface area contributed by atoms with Crippen LogP contribution in [0.2, 0.25) is 0 Å². The topological polar surface area (TPSA) is 449 Å². The quantitative estimate of drug-likeness (QED) is 0.0268. The Labute approximate surface area is 457 Å². The number of carbonyl (C=O) groups excluding carboxylic acids is 7. The molecule has 79 heavy (non-hydrogen) atoms. The molecular formula is C48H68N10O18S3. The summed E-state index contributed by atoms with van der Waals surface area (Å²) in [5, 5.41) is 43.3. The second-order valence-electron chi connectivity index (χ2n) is 17.6. The number of carbonyl (C=O) groups is 8. The van der Waals surface area contributed by atoms with Crippen LogP contribution in [0.1, 0.15) is 82.4 Å². The molecule has 0 saturated heterocycles. The molecule has 0 radical (unpaired) electrons. The van der Waals surface area contributed by atoms with Crippen molar-refractivity contribution in [2.75, 3.05) is 85.5 Å². The highest BCUT2D eigenvalue weighted by Crippen LogP contribution is 2.13. The van der Waals surface area contributed by atoms with Crippen molar-refractivity contribution >= 4 is 77.3 Å². The lowest BCUT2D eigenvalue weighted by atomic mass is 10.0. The third-order valence-electron chi connectivity index (χ3n) is 11.1. The number of Topliss-reactive ketones (excluding diaryl/α,β-unsaturated/α-hetero) is 1. The van der Waals surface area contributed by atoms with E-state index in [-0.39, 0.29) is 141 Å². The van der Waals surface area contributed by atoms with E-state index in [2.05, 4.69) is 37.2 Å². The number of rotatable bonds is 39. The van der Waals surface area contributed by atoms with Crippen LogP contribution in [0.4, 0.5) is 0 Å². The number of primary sulfonamides is 3. The normalized spacial score (nSPS) is 11.7. The Kier molecular flexibility index (Phi) is 28.3. The minimum absolute atomic E-state index is 0.0648. The Morgan fingerprint density at radius 1 is 0.418 bits per heavy atom. The number of carboxylic acid groups (broad SMARTS) is 1. The van der Waals surface area contributed by atoms with Crippen molar-refractivity contribution in [3.05, 3.63) is 89.5 Å². The average Bonchev–Trinajstić information content (AvgIpc) is 3.40. The Hall–Kier alpha value is -6.81. The number of unbranched alkanes of at least 4 members (excludes halogenated alkanes) is 1. The van der Waals surface area contributed by atoms with Crippen molar-refractivity contribution in [1.82, 2.24) is 37.2 Å². The fourth-order valence-electron chi connectivity index (χ4n) is 6.76. The summed E-state index contributed by atoms with van der Waals surface area (Å²) < 4.78 is 86.7. The van der Waals surface area contributed by atoms with Crippen molar-refractivity contribution < 1.29 is 82.9 Å². The van der Waals surface area contributed by atoms with Gasteiger partial charge in [-0.2, -0.15) is 0 Å². The number of hydrogen-bond donors (Lipinski definition) is 11. The Morgan fingerprint density at radius 2 is 0.747 bits per heavy atom. The first-order valence-electron chi connectivity index (χ1n) is 24.5. The largest absolute Gasteiger partial charge is 0.481 e. The van der Waals surface area contributed by atoms with E-state index in [9.17, 15) is 68.7 Å². The van der Waals surface area contributed by atoms with Crippen LogP contribution in [-0.2, 0) is 68.3 Å². The Balaban J connectivity index is 1.54. The third kappa shape index (κ3) is 27.1. The highest BCUT2D eigenvalue weighted by atomic mass is 32.2. The Bertz CT molecular complexity index is 2760. The van der Waals surface area contributed by atoms with Crippen molar-refractivity contribution in [2.45, 2.75) is 71.6 Å². The molecule has 0 unspecified atom stereocenters. The van der Waals surface area contributed by atoms with Gasteiger partial charge in [0.15, 0.2) is 5.78 Å². The van der Waals surface area contributed by atoms with E-state index in [0.29, 0.717) is 25.7 Å². The molecule has 0 bridgehead atoms. The number of ketones is 1. The van der Waals surface area contributed by atoms with Gasteiger partial charge in [-0.15, -0.1) is 0 Å². The number of carboxylic acids is 1. The fraction of sp³-hybridized carbons (Fsp3) is 0.458. The van der Waals surface area contributed by atoms with E-state index in [1.54, 1.807) is 0 Å². The van der Waals surface area contributed by atoms with Crippen molar-refractivity contribution in [1.29, 1.82) is 0 Å². The molecule has 31 heteroatoms. The van der Waals surface area contributed by atoms with E-state index in [1.807, 2.05) is 0 Å². The first-order valence-corrected chi connectivity index (χ1v) is 29.2. The van der Waals surface area contributed by atoms with Crippen LogP contribution >= 0.6 is 0 Å². The first-order chi connectivity index (χ1) is 37.3. The predicted octanol–water partition coefficient (Wildman–Crippen LogP) is -2.28. The summed E-state index contributed by atoms with van der Waals surface area (Å²) in [5.74, 6) is -4.46. The number of hydrogen-bond acceptors (Lipinski definition) is 18. The molecule has 0 aliphatic heterocycles. The van der Waals surface area contributed by atoms with Crippen LogP contribution in [0.15, 0.2) is 87.5 Å². The number of nitrogens with two attached hydrogens (primary N) is 3. The molecule has 0 aliphatic carbocycles. The minimum Gasteiger partial charge on any atom is -0.481 e.